The number of ether oxygens (including phenoxy) is 1. The summed E-state index contributed by atoms with van der Waals surface area (Å²) in [6, 6.07) is 9.03. The summed E-state index contributed by atoms with van der Waals surface area (Å²) in [6.45, 7) is 7.59. The fraction of sp³-hybridized carbons (Fsp3) is 0.647. The zero-order chi connectivity index (χ0) is 13.7. The van der Waals surface area contributed by atoms with E-state index < -0.39 is 0 Å². The first kappa shape index (κ1) is 14.4. The minimum Gasteiger partial charge on any atom is -0.490 e. The predicted molar refractivity (Wildman–Crippen MR) is 80.5 cm³/mol. The van der Waals surface area contributed by atoms with Gasteiger partial charge in [-0.25, -0.2) is 0 Å². The zero-order valence-corrected chi connectivity index (χ0v) is 12.5. The first-order chi connectivity index (χ1) is 9.13. The van der Waals surface area contributed by atoms with E-state index in [9.17, 15) is 0 Å². The molecule has 1 aromatic carbocycles. The number of hydrogen-bond donors (Lipinski definition) is 1. The molecule has 1 aliphatic carbocycles. The van der Waals surface area contributed by atoms with Gasteiger partial charge < -0.3 is 10.1 Å². The first-order valence-corrected chi connectivity index (χ1v) is 7.62. The van der Waals surface area contributed by atoms with Gasteiger partial charge in [0.15, 0.2) is 0 Å². The quantitative estimate of drug-likeness (QED) is 0.860. The highest BCUT2D eigenvalue weighted by atomic mass is 16.5. The molecule has 0 amide bonds. The Morgan fingerprint density at radius 1 is 1.32 bits per heavy atom. The van der Waals surface area contributed by atoms with Crippen LogP contribution in [0.2, 0.25) is 0 Å². The molecule has 1 aromatic rings. The van der Waals surface area contributed by atoms with Crippen LogP contribution in [0.3, 0.4) is 0 Å². The third-order valence-electron chi connectivity index (χ3n) is 3.80. The normalized spacial score (nSPS) is 23.6. The molecule has 1 fully saturated rings. The standard InChI is InChI=1S/C17H27NO/c1-13(2)18-12-15-7-5-9-17(11-15)19-16-8-4-6-14(3)10-16/h5,7,9,11,13-14,16,18H,4,6,8,10,12H2,1-3H3. The summed E-state index contributed by atoms with van der Waals surface area (Å²) >= 11 is 0. The van der Waals surface area contributed by atoms with Crippen LogP contribution < -0.4 is 10.1 Å². The summed E-state index contributed by atoms with van der Waals surface area (Å²) in [5.41, 5.74) is 1.30. The Bertz CT molecular complexity index is 389. The molecular weight excluding hydrogens is 234 g/mol. The highest BCUT2D eigenvalue weighted by Crippen LogP contribution is 2.27. The zero-order valence-electron chi connectivity index (χ0n) is 12.5. The SMILES string of the molecule is CC1CCCC(Oc2cccc(CNC(C)C)c2)C1. The van der Waals surface area contributed by atoms with Crippen LogP contribution in [-0.2, 0) is 6.54 Å². The Balaban J connectivity index is 1.90. The van der Waals surface area contributed by atoms with Crippen molar-refractivity contribution in [2.24, 2.45) is 5.92 Å². The minimum absolute atomic E-state index is 0.414. The van der Waals surface area contributed by atoms with Crippen molar-refractivity contribution in [2.75, 3.05) is 0 Å². The highest BCUT2D eigenvalue weighted by Gasteiger charge is 2.20. The van der Waals surface area contributed by atoms with E-state index in [0.29, 0.717) is 12.1 Å². The maximum Gasteiger partial charge on any atom is 0.120 e. The smallest absolute Gasteiger partial charge is 0.120 e. The molecule has 2 atom stereocenters. The highest BCUT2D eigenvalue weighted by molar-refractivity contribution is 5.28. The fourth-order valence-corrected chi connectivity index (χ4v) is 2.73. The summed E-state index contributed by atoms with van der Waals surface area (Å²) in [5, 5.41) is 3.44. The summed E-state index contributed by atoms with van der Waals surface area (Å²) in [7, 11) is 0. The van der Waals surface area contributed by atoms with Gasteiger partial charge in [-0.15, -0.1) is 0 Å². The van der Waals surface area contributed by atoms with Crippen molar-refractivity contribution in [3.63, 3.8) is 0 Å². The Hall–Kier alpha value is -1.02. The van der Waals surface area contributed by atoms with Crippen molar-refractivity contribution in [3.8, 4) is 5.75 Å². The predicted octanol–water partition coefficient (Wildman–Crippen LogP) is 4.14. The summed E-state index contributed by atoms with van der Waals surface area (Å²) in [5.74, 6) is 1.84. The van der Waals surface area contributed by atoms with Crippen LogP contribution in [0.1, 0.15) is 52.0 Å². The summed E-state index contributed by atoms with van der Waals surface area (Å²) < 4.78 is 6.15. The van der Waals surface area contributed by atoms with Gasteiger partial charge in [0.25, 0.3) is 0 Å². The second-order valence-electron chi connectivity index (χ2n) is 6.19. The van der Waals surface area contributed by atoms with E-state index in [4.69, 9.17) is 4.74 Å². The maximum absolute atomic E-state index is 6.15. The van der Waals surface area contributed by atoms with Crippen LogP contribution in [0.4, 0.5) is 0 Å². The van der Waals surface area contributed by atoms with Crippen molar-refractivity contribution in [1.29, 1.82) is 0 Å². The average Bonchev–Trinajstić information content (AvgIpc) is 2.37. The third-order valence-corrected chi connectivity index (χ3v) is 3.80. The molecule has 2 nitrogen and oxygen atoms in total. The molecule has 2 unspecified atom stereocenters. The summed E-state index contributed by atoms with van der Waals surface area (Å²) in [4.78, 5) is 0. The van der Waals surface area contributed by atoms with E-state index in [-0.39, 0.29) is 0 Å². The molecule has 1 N–H and O–H groups in total. The van der Waals surface area contributed by atoms with Crippen molar-refractivity contribution in [1.82, 2.24) is 5.32 Å². The lowest BCUT2D eigenvalue weighted by Crippen LogP contribution is -2.24. The van der Waals surface area contributed by atoms with E-state index in [1.54, 1.807) is 0 Å². The van der Waals surface area contributed by atoms with Gasteiger partial charge in [-0.1, -0.05) is 39.3 Å². The lowest BCUT2D eigenvalue weighted by molar-refractivity contribution is 0.129. The molecule has 1 saturated carbocycles. The van der Waals surface area contributed by atoms with Crippen LogP contribution in [-0.4, -0.2) is 12.1 Å². The van der Waals surface area contributed by atoms with E-state index in [2.05, 4.69) is 50.4 Å². The van der Waals surface area contributed by atoms with Crippen molar-refractivity contribution in [3.05, 3.63) is 29.8 Å². The molecule has 0 heterocycles. The lowest BCUT2D eigenvalue weighted by atomic mass is 9.89. The number of benzene rings is 1. The van der Waals surface area contributed by atoms with Crippen LogP contribution in [0, 0.1) is 5.92 Å². The van der Waals surface area contributed by atoms with Crippen LogP contribution in [0.25, 0.3) is 0 Å². The molecule has 2 rings (SSSR count). The lowest BCUT2D eigenvalue weighted by Gasteiger charge is -2.27. The maximum atomic E-state index is 6.15. The second kappa shape index (κ2) is 6.95. The molecule has 0 spiro atoms. The average molecular weight is 261 g/mol. The Labute approximate surface area is 117 Å². The van der Waals surface area contributed by atoms with Crippen molar-refractivity contribution >= 4 is 0 Å². The molecule has 1 aliphatic rings. The molecule has 19 heavy (non-hydrogen) atoms. The van der Waals surface area contributed by atoms with Gasteiger partial charge in [0.05, 0.1) is 6.10 Å². The Morgan fingerprint density at radius 3 is 2.89 bits per heavy atom. The molecular formula is C17H27NO. The monoisotopic (exact) mass is 261 g/mol. The van der Waals surface area contributed by atoms with Crippen molar-refractivity contribution in [2.45, 2.75) is 65.1 Å². The number of rotatable bonds is 5. The minimum atomic E-state index is 0.414. The third kappa shape index (κ3) is 4.87. The van der Waals surface area contributed by atoms with E-state index in [1.807, 2.05) is 0 Å². The van der Waals surface area contributed by atoms with Gasteiger partial charge in [0, 0.05) is 12.6 Å². The fourth-order valence-electron chi connectivity index (χ4n) is 2.73. The van der Waals surface area contributed by atoms with Crippen LogP contribution in [0.5, 0.6) is 5.75 Å². The number of nitrogens with one attached hydrogen (secondary N) is 1. The van der Waals surface area contributed by atoms with Gasteiger partial charge >= 0.3 is 0 Å². The van der Waals surface area contributed by atoms with Crippen molar-refractivity contribution < 1.29 is 4.74 Å². The summed E-state index contributed by atoms with van der Waals surface area (Å²) in [6.07, 6.45) is 5.49. The molecule has 0 aliphatic heterocycles. The van der Waals surface area contributed by atoms with E-state index >= 15 is 0 Å². The van der Waals surface area contributed by atoms with Crippen LogP contribution in [0.15, 0.2) is 24.3 Å². The molecule has 106 valence electrons. The molecule has 0 radical (unpaired) electrons. The van der Waals surface area contributed by atoms with Gasteiger partial charge in [0.2, 0.25) is 0 Å². The molecule has 0 saturated heterocycles. The Kier molecular flexibility index (Phi) is 5.26. The first-order valence-electron chi connectivity index (χ1n) is 7.62. The number of hydrogen-bond acceptors (Lipinski definition) is 2. The van der Waals surface area contributed by atoms with E-state index in [0.717, 1.165) is 18.2 Å². The van der Waals surface area contributed by atoms with Gasteiger partial charge in [-0.2, -0.15) is 0 Å². The largest absolute Gasteiger partial charge is 0.490 e. The van der Waals surface area contributed by atoms with Gasteiger partial charge in [-0.3, -0.25) is 0 Å². The molecule has 2 heteroatoms. The van der Waals surface area contributed by atoms with Crippen LogP contribution >= 0.6 is 0 Å². The Morgan fingerprint density at radius 2 is 2.16 bits per heavy atom. The topological polar surface area (TPSA) is 21.3 Å². The molecule has 0 bridgehead atoms. The van der Waals surface area contributed by atoms with E-state index in [1.165, 1.54) is 31.2 Å². The molecule has 0 aromatic heterocycles. The van der Waals surface area contributed by atoms with Gasteiger partial charge in [0.1, 0.15) is 5.75 Å². The second-order valence-corrected chi connectivity index (χ2v) is 6.19. The van der Waals surface area contributed by atoms with Gasteiger partial charge in [-0.05, 0) is 42.9 Å².